The van der Waals surface area contributed by atoms with Gasteiger partial charge in [0.1, 0.15) is 35.9 Å². The van der Waals surface area contributed by atoms with Crippen LogP contribution >= 0.6 is 0 Å². The van der Waals surface area contributed by atoms with Crippen LogP contribution in [0.25, 0.3) is 21.9 Å². The van der Waals surface area contributed by atoms with E-state index in [1.54, 1.807) is 0 Å². The van der Waals surface area contributed by atoms with E-state index in [0.717, 1.165) is 51.0 Å². The summed E-state index contributed by atoms with van der Waals surface area (Å²) in [6.07, 6.45) is 7.53. The second-order valence-corrected chi connectivity index (χ2v) is 12.7. The molecule has 0 spiro atoms. The first kappa shape index (κ1) is 25.0. The number of benzene rings is 3. The molecule has 0 amide bonds. The average molecular weight is 525 g/mol. The first-order chi connectivity index (χ1) is 18.9. The lowest BCUT2D eigenvalue weighted by Crippen LogP contribution is -2.48. The molecule has 4 bridgehead atoms. The normalized spacial score (nSPS) is 28.9. The highest BCUT2D eigenvalue weighted by Gasteiger charge is 2.52. The van der Waals surface area contributed by atoms with Crippen molar-refractivity contribution < 1.29 is 24.5 Å². The fourth-order valence-electron chi connectivity index (χ4n) is 8.64. The summed E-state index contributed by atoms with van der Waals surface area (Å²) < 4.78 is 6.15. The van der Waals surface area contributed by atoms with Gasteiger partial charge in [0, 0.05) is 18.4 Å². The van der Waals surface area contributed by atoms with Gasteiger partial charge in [-0.1, -0.05) is 30.3 Å². The van der Waals surface area contributed by atoms with Crippen LogP contribution in [-0.4, -0.2) is 41.1 Å². The Labute approximate surface area is 229 Å². The predicted molar refractivity (Wildman–Crippen MR) is 150 cm³/mol. The van der Waals surface area contributed by atoms with Gasteiger partial charge in [-0.3, -0.25) is 9.59 Å². The van der Waals surface area contributed by atoms with Crippen LogP contribution in [0.15, 0.2) is 54.6 Å². The van der Waals surface area contributed by atoms with Crippen LogP contribution in [0.2, 0.25) is 0 Å². The topological polar surface area (TPSA) is 83.8 Å². The number of carbonyl (C=O) groups is 2. The lowest BCUT2D eigenvalue weighted by molar-refractivity contribution is -0.123. The van der Waals surface area contributed by atoms with Gasteiger partial charge in [-0.25, -0.2) is 0 Å². The maximum atomic E-state index is 12.3. The molecule has 39 heavy (non-hydrogen) atoms. The van der Waals surface area contributed by atoms with Gasteiger partial charge in [0.25, 0.3) is 0 Å². The van der Waals surface area contributed by atoms with Crippen molar-refractivity contribution in [1.29, 1.82) is 0 Å². The van der Waals surface area contributed by atoms with Crippen molar-refractivity contribution in [3.05, 3.63) is 65.7 Å². The Hall–Kier alpha value is -3.02. The minimum atomic E-state index is -0.894. The van der Waals surface area contributed by atoms with E-state index >= 15 is 0 Å². The zero-order valence-corrected chi connectivity index (χ0v) is 22.3. The first-order valence-electron chi connectivity index (χ1n) is 14.6. The molecule has 0 aliphatic heterocycles. The number of hydrogen-bond donors (Lipinski definition) is 2. The molecular weight excluding hydrogens is 488 g/mol. The maximum Gasteiger partial charge on any atom is 0.148 e. The van der Waals surface area contributed by atoms with Crippen molar-refractivity contribution in [2.75, 3.05) is 13.2 Å². The fourth-order valence-corrected chi connectivity index (χ4v) is 8.64. The fraction of sp³-hybridized carbons (Fsp3) is 0.471. The molecule has 5 nitrogen and oxygen atoms in total. The highest BCUT2D eigenvalue weighted by Crippen LogP contribution is 2.62. The minimum absolute atomic E-state index is 0.0296. The molecule has 8 rings (SSSR count). The third-order valence-corrected chi connectivity index (χ3v) is 10.0. The first-order valence-corrected chi connectivity index (χ1v) is 14.6. The van der Waals surface area contributed by atoms with Crippen molar-refractivity contribution in [2.24, 2.45) is 17.8 Å². The van der Waals surface area contributed by atoms with Gasteiger partial charge >= 0.3 is 0 Å². The van der Waals surface area contributed by atoms with Crippen LogP contribution in [0.4, 0.5) is 0 Å². The molecule has 1 atom stereocenters. The number of hydrogen-bond acceptors (Lipinski definition) is 5. The van der Waals surface area contributed by atoms with Crippen molar-refractivity contribution in [1.82, 2.24) is 0 Å². The summed E-state index contributed by atoms with van der Waals surface area (Å²) >= 11 is 0. The molecule has 3 aromatic carbocycles. The molecule has 5 heteroatoms. The van der Waals surface area contributed by atoms with Gasteiger partial charge in [-0.2, -0.15) is 0 Å². The highest BCUT2D eigenvalue weighted by molar-refractivity contribution is 6.13. The summed E-state index contributed by atoms with van der Waals surface area (Å²) in [7, 11) is 0. The largest absolute Gasteiger partial charge is 0.490 e. The average Bonchev–Trinajstić information content (AvgIpc) is 3.27. The highest BCUT2D eigenvalue weighted by atomic mass is 16.5. The molecule has 202 valence electrons. The summed E-state index contributed by atoms with van der Waals surface area (Å²) in [4.78, 5) is 24.6. The van der Waals surface area contributed by atoms with Crippen molar-refractivity contribution >= 4 is 22.3 Å². The summed E-state index contributed by atoms with van der Waals surface area (Å²) in [6, 6.07) is 18.8. The molecule has 0 aromatic heterocycles. The number of ketones is 2. The van der Waals surface area contributed by atoms with Gasteiger partial charge in [0.05, 0.1) is 6.61 Å². The third-order valence-electron chi connectivity index (χ3n) is 10.0. The Morgan fingerprint density at radius 3 is 2.05 bits per heavy atom. The number of aliphatic hydroxyl groups is 2. The van der Waals surface area contributed by atoms with E-state index in [2.05, 4.69) is 36.4 Å². The SMILES string of the molecule is O=C1CCC(=O)C1c1ccc2cc(-c3ccc(OCC(O)CO)c(C45CC6CC(CC(C6)C4)C5)c3)ccc2c1. The van der Waals surface area contributed by atoms with E-state index < -0.39 is 12.0 Å². The van der Waals surface area contributed by atoms with E-state index in [0.29, 0.717) is 12.8 Å². The molecule has 0 saturated heterocycles. The maximum absolute atomic E-state index is 12.3. The van der Waals surface area contributed by atoms with Gasteiger partial charge in [0.15, 0.2) is 0 Å². The van der Waals surface area contributed by atoms with Gasteiger partial charge in [0.2, 0.25) is 0 Å². The van der Waals surface area contributed by atoms with E-state index in [1.807, 2.05) is 18.2 Å². The van der Waals surface area contributed by atoms with E-state index in [-0.39, 0.29) is 30.2 Å². The summed E-state index contributed by atoms with van der Waals surface area (Å²) in [6.45, 7) is -0.230. The molecule has 0 heterocycles. The van der Waals surface area contributed by atoms with Crippen molar-refractivity contribution in [2.45, 2.75) is 68.8 Å². The number of fused-ring (bicyclic) bond motifs is 1. The van der Waals surface area contributed by atoms with Crippen LogP contribution in [0.3, 0.4) is 0 Å². The molecule has 5 fully saturated rings. The number of Topliss-reactive ketones (excluding diaryl/α,β-unsaturated/α-hetero) is 2. The second-order valence-electron chi connectivity index (χ2n) is 12.7. The number of aliphatic hydroxyl groups excluding tert-OH is 2. The molecule has 0 radical (unpaired) electrons. The van der Waals surface area contributed by atoms with E-state index in [1.165, 1.54) is 44.1 Å². The number of carbonyl (C=O) groups excluding carboxylic acids is 2. The van der Waals surface area contributed by atoms with Crippen LogP contribution in [0.5, 0.6) is 5.75 Å². The Morgan fingerprint density at radius 2 is 1.38 bits per heavy atom. The number of ether oxygens (including phenoxy) is 1. The van der Waals surface area contributed by atoms with E-state index in [9.17, 15) is 19.8 Å². The molecule has 5 aliphatic carbocycles. The smallest absolute Gasteiger partial charge is 0.148 e. The van der Waals surface area contributed by atoms with Crippen LogP contribution in [0.1, 0.15) is 68.4 Å². The van der Waals surface area contributed by atoms with E-state index in [4.69, 9.17) is 4.74 Å². The Balaban J connectivity index is 1.25. The Morgan fingerprint density at radius 1 is 0.795 bits per heavy atom. The quantitative estimate of drug-likeness (QED) is 0.386. The third kappa shape index (κ3) is 4.40. The number of rotatable bonds is 7. The second kappa shape index (κ2) is 9.57. The molecule has 2 N–H and O–H groups in total. The molecule has 1 unspecified atom stereocenters. The molecular formula is C34H36O5. The van der Waals surface area contributed by atoms with Gasteiger partial charge in [-0.15, -0.1) is 0 Å². The summed E-state index contributed by atoms with van der Waals surface area (Å²) in [5.74, 6) is 2.68. The predicted octanol–water partition coefficient (Wildman–Crippen LogP) is 5.72. The standard InChI is InChI=1S/C34H36O5/c35-18-28(36)19-39-32-8-5-26(14-29(32)34-15-20-9-21(16-34)11-22(10-20)17-34)24-1-2-25-13-27(4-3-23(25)12-24)33-30(37)6-7-31(33)38/h1-5,8,12-14,20-22,28,33,35-36H,6-7,9-11,15-19H2. The lowest BCUT2D eigenvalue weighted by Gasteiger charge is -2.57. The monoisotopic (exact) mass is 524 g/mol. The van der Waals surface area contributed by atoms with Gasteiger partial charge < -0.3 is 14.9 Å². The zero-order valence-electron chi connectivity index (χ0n) is 22.3. The zero-order chi connectivity index (χ0) is 26.7. The summed E-state index contributed by atoms with van der Waals surface area (Å²) in [5.41, 5.74) is 4.45. The Bertz CT molecular complexity index is 1400. The molecule has 3 aromatic rings. The van der Waals surface area contributed by atoms with Crippen LogP contribution in [0, 0.1) is 17.8 Å². The van der Waals surface area contributed by atoms with Crippen molar-refractivity contribution in [3.63, 3.8) is 0 Å². The van der Waals surface area contributed by atoms with Crippen molar-refractivity contribution in [3.8, 4) is 16.9 Å². The van der Waals surface area contributed by atoms with Gasteiger partial charge in [-0.05, 0) is 113 Å². The Kier molecular flexibility index (Phi) is 6.13. The minimum Gasteiger partial charge on any atom is -0.490 e. The summed E-state index contributed by atoms with van der Waals surface area (Å²) in [5, 5.41) is 21.4. The van der Waals surface area contributed by atoms with Crippen LogP contribution < -0.4 is 4.74 Å². The van der Waals surface area contributed by atoms with Crippen LogP contribution in [-0.2, 0) is 15.0 Å². The molecule has 5 saturated carbocycles. The molecule has 5 aliphatic rings. The lowest BCUT2D eigenvalue weighted by atomic mass is 9.48.